The van der Waals surface area contributed by atoms with Crippen LogP contribution in [0.25, 0.3) is 0 Å². The summed E-state index contributed by atoms with van der Waals surface area (Å²) in [6.07, 6.45) is 0. The SMILES string of the molecule is Cc1ccc(NS(=O)(=O)c2cc(C(=O)O)ccc2F)c(C)c1. The van der Waals surface area contributed by atoms with Crippen LogP contribution < -0.4 is 4.72 Å². The summed E-state index contributed by atoms with van der Waals surface area (Å²) in [4.78, 5) is 10.2. The summed E-state index contributed by atoms with van der Waals surface area (Å²) in [5, 5.41) is 8.89. The van der Waals surface area contributed by atoms with E-state index < -0.39 is 26.7 Å². The van der Waals surface area contributed by atoms with Gasteiger partial charge in [-0.05, 0) is 43.7 Å². The van der Waals surface area contributed by atoms with Gasteiger partial charge in [0.1, 0.15) is 10.7 Å². The molecule has 5 nitrogen and oxygen atoms in total. The molecule has 2 rings (SSSR count). The number of aromatic carboxylic acids is 1. The van der Waals surface area contributed by atoms with E-state index in [-0.39, 0.29) is 5.56 Å². The quantitative estimate of drug-likeness (QED) is 0.906. The smallest absolute Gasteiger partial charge is 0.335 e. The Hall–Kier alpha value is -2.41. The molecule has 0 atom stereocenters. The van der Waals surface area contributed by atoms with Crippen LogP contribution in [0.5, 0.6) is 0 Å². The first-order valence-electron chi connectivity index (χ1n) is 6.33. The zero-order valence-electron chi connectivity index (χ0n) is 11.9. The average Bonchev–Trinajstić information content (AvgIpc) is 2.42. The van der Waals surface area contributed by atoms with Crippen LogP contribution in [0.4, 0.5) is 10.1 Å². The molecule has 2 aromatic rings. The first-order valence-corrected chi connectivity index (χ1v) is 7.82. The molecule has 22 heavy (non-hydrogen) atoms. The van der Waals surface area contributed by atoms with E-state index in [0.717, 1.165) is 23.8 Å². The highest BCUT2D eigenvalue weighted by atomic mass is 32.2. The Bertz CT molecular complexity index is 847. The lowest BCUT2D eigenvalue weighted by Crippen LogP contribution is -2.16. The van der Waals surface area contributed by atoms with Crippen LogP contribution in [0.1, 0.15) is 21.5 Å². The van der Waals surface area contributed by atoms with Gasteiger partial charge in [-0.15, -0.1) is 0 Å². The maximum Gasteiger partial charge on any atom is 0.335 e. The highest BCUT2D eigenvalue weighted by Gasteiger charge is 2.21. The number of hydrogen-bond acceptors (Lipinski definition) is 3. The van der Waals surface area contributed by atoms with E-state index in [4.69, 9.17) is 5.11 Å². The van der Waals surface area contributed by atoms with Crippen molar-refractivity contribution in [1.82, 2.24) is 0 Å². The van der Waals surface area contributed by atoms with Gasteiger partial charge >= 0.3 is 5.97 Å². The number of carbonyl (C=O) groups is 1. The lowest BCUT2D eigenvalue weighted by Gasteiger charge is -2.12. The maximum absolute atomic E-state index is 13.8. The predicted molar refractivity (Wildman–Crippen MR) is 80.1 cm³/mol. The van der Waals surface area contributed by atoms with Crippen molar-refractivity contribution in [3.63, 3.8) is 0 Å². The van der Waals surface area contributed by atoms with Crippen molar-refractivity contribution in [3.05, 3.63) is 58.9 Å². The first-order chi connectivity index (χ1) is 10.2. The monoisotopic (exact) mass is 323 g/mol. The number of benzene rings is 2. The van der Waals surface area contributed by atoms with Crippen molar-refractivity contribution < 1.29 is 22.7 Å². The van der Waals surface area contributed by atoms with Crippen LogP contribution in [0.15, 0.2) is 41.3 Å². The number of aryl methyl sites for hydroxylation is 2. The summed E-state index contributed by atoms with van der Waals surface area (Å²) in [6.45, 7) is 3.58. The molecule has 0 saturated carbocycles. The van der Waals surface area contributed by atoms with Gasteiger partial charge in [0, 0.05) is 0 Å². The van der Waals surface area contributed by atoms with Crippen LogP contribution in [0.3, 0.4) is 0 Å². The molecule has 0 amide bonds. The lowest BCUT2D eigenvalue weighted by molar-refractivity contribution is 0.0696. The Morgan fingerprint density at radius 2 is 1.82 bits per heavy atom. The van der Waals surface area contributed by atoms with Crippen LogP contribution in [-0.4, -0.2) is 19.5 Å². The molecule has 116 valence electrons. The van der Waals surface area contributed by atoms with Crippen molar-refractivity contribution in [3.8, 4) is 0 Å². The Kier molecular flexibility index (Phi) is 4.18. The van der Waals surface area contributed by atoms with E-state index in [1.165, 1.54) is 0 Å². The number of hydrogen-bond donors (Lipinski definition) is 2. The lowest BCUT2D eigenvalue weighted by atomic mass is 10.1. The second kappa shape index (κ2) is 5.76. The van der Waals surface area contributed by atoms with Crippen LogP contribution >= 0.6 is 0 Å². The molecule has 0 aromatic heterocycles. The normalized spacial score (nSPS) is 11.2. The number of nitrogens with one attached hydrogen (secondary N) is 1. The molecule has 0 radical (unpaired) electrons. The average molecular weight is 323 g/mol. The fourth-order valence-corrected chi connectivity index (χ4v) is 3.21. The Labute approximate surface area is 127 Å². The minimum absolute atomic E-state index is 0.303. The van der Waals surface area contributed by atoms with Gasteiger partial charge in [0.15, 0.2) is 0 Å². The van der Waals surface area contributed by atoms with E-state index >= 15 is 0 Å². The Morgan fingerprint density at radius 3 is 2.41 bits per heavy atom. The van der Waals surface area contributed by atoms with Crippen molar-refractivity contribution in [2.75, 3.05) is 4.72 Å². The Morgan fingerprint density at radius 1 is 1.14 bits per heavy atom. The molecule has 0 unspecified atom stereocenters. The topological polar surface area (TPSA) is 83.5 Å². The highest BCUT2D eigenvalue weighted by molar-refractivity contribution is 7.92. The minimum Gasteiger partial charge on any atom is -0.478 e. The van der Waals surface area contributed by atoms with Crippen molar-refractivity contribution in [2.45, 2.75) is 18.7 Å². The van der Waals surface area contributed by atoms with Gasteiger partial charge in [-0.3, -0.25) is 4.72 Å². The number of sulfonamides is 1. The molecular weight excluding hydrogens is 309 g/mol. The van der Waals surface area contributed by atoms with Crippen molar-refractivity contribution >= 4 is 21.7 Å². The molecule has 0 fully saturated rings. The van der Waals surface area contributed by atoms with Crippen LogP contribution in [0.2, 0.25) is 0 Å². The van der Waals surface area contributed by atoms with Gasteiger partial charge in [0.25, 0.3) is 10.0 Å². The van der Waals surface area contributed by atoms with Gasteiger partial charge in [-0.25, -0.2) is 17.6 Å². The molecule has 0 aliphatic rings. The molecule has 2 aromatic carbocycles. The number of carboxylic acids is 1. The molecule has 0 aliphatic heterocycles. The largest absolute Gasteiger partial charge is 0.478 e. The maximum atomic E-state index is 13.8. The van der Waals surface area contributed by atoms with Gasteiger partial charge in [-0.2, -0.15) is 0 Å². The number of anilines is 1. The molecule has 0 spiro atoms. The minimum atomic E-state index is -4.22. The van der Waals surface area contributed by atoms with Gasteiger partial charge < -0.3 is 5.11 Å². The van der Waals surface area contributed by atoms with E-state index in [0.29, 0.717) is 11.3 Å². The standard InChI is InChI=1S/C15H14FNO4S/c1-9-3-6-13(10(2)7-9)17-22(20,21)14-8-11(15(18)19)4-5-12(14)16/h3-8,17H,1-2H3,(H,18,19). The predicted octanol–water partition coefficient (Wildman–Crippen LogP) is 2.94. The summed E-state index contributed by atoms with van der Waals surface area (Å²) >= 11 is 0. The highest BCUT2D eigenvalue weighted by Crippen LogP contribution is 2.23. The number of carboxylic acid groups (broad SMARTS) is 1. The molecule has 0 heterocycles. The zero-order chi connectivity index (χ0) is 16.5. The molecule has 0 aliphatic carbocycles. The zero-order valence-corrected chi connectivity index (χ0v) is 12.7. The van der Waals surface area contributed by atoms with E-state index in [1.807, 2.05) is 6.92 Å². The summed E-state index contributed by atoms with van der Waals surface area (Å²) in [5.41, 5.74) is 1.64. The number of halogens is 1. The molecular formula is C15H14FNO4S. The van der Waals surface area contributed by atoms with Crippen molar-refractivity contribution in [1.29, 1.82) is 0 Å². The second-order valence-electron chi connectivity index (χ2n) is 4.87. The van der Waals surface area contributed by atoms with Crippen molar-refractivity contribution in [2.24, 2.45) is 0 Å². The van der Waals surface area contributed by atoms with Gasteiger partial charge in [0.05, 0.1) is 11.3 Å². The second-order valence-corrected chi connectivity index (χ2v) is 6.53. The summed E-state index contributed by atoms with van der Waals surface area (Å²) in [6, 6.07) is 7.69. The van der Waals surface area contributed by atoms with E-state index in [1.54, 1.807) is 25.1 Å². The summed E-state index contributed by atoms with van der Waals surface area (Å²) in [5.74, 6) is -2.34. The molecule has 0 bridgehead atoms. The third-order valence-corrected chi connectivity index (χ3v) is 4.47. The molecule has 0 saturated heterocycles. The first kappa shape index (κ1) is 16.0. The summed E-state index contributed by atoms with van der Waals surface area (Å²) < 4.78 is 40.6. The fraction of sp³-hybridized carbons (Fsp3) is 0.133. The molecule has 7 heteroatoms. The molecule has 2 N–H and O–H groups in total. The Balaban J connectivity index is 2.46. The van der Waals surface area contributed by atoms with Crippen LogP contribution in [0, 0.1) is 19.7 Å². The van der Waals surface area contributed by atoms with Crippen LogP contribution in [-0.2, 0) is 10.0 Å². The summed E-state index contributed by atoms with van der Waals surface area (Å²) in [7, 11) is -4.22. The van der Waals surface area contributed by atoms with E-state index in [2.05, 4.69) is 4.72 Å². The van der Waals surface area contributed by atoms with Gasteiger partial charge in [0.2, 0.25) is 0 Å². The van der Waals surface area contributed by atoms with Gasteiger partial charge in [-0.1, -0.05) is 17.7 Å². The third kappa shape index (κ3) is 3.25. The fourth-order valence-electron chi connectivity index (χ4n) is 1.97. The third-order valence-electron chi connectivity index (χ3n) is 3.09. The number of rotatable bonds is 4. The van der Waals surface area contributed by atoms with E-state index in [9.17, 15) is 17.6 Å².